The minimum absolute atomic E-state index is 0. The zero-order valence-electron chi connectivity index (χ0n) is 30.5. The summed E-state index contributed by atoms with van der Waals surface area (Å²) < 4.78 is 14.4. The van der Waals surface area contributed by atoms with E-state index in [1.165, 1.54) is 22.3 Å². The third-order valence-corrected chi connectivity index (χ3v) is 9.71. The first-order valence-electron chi connectivity index (χ1n) is 17.3. The fourth-order valence-electron chi connectivity index (χ4n) is 7.26. The molecule has 6 rings (SSSR count). The van der Waals surface area contributed by atoms with Crippen molar-refractivity contribution in [2.75, 3.05) is 0 Å². The average molecular weight is 893 g/mol. The van der Waals surface area contributed by atoms with Gasteiger partial charge in [-0.15, -0.1) is 0 Å². The van der Waals surface area contributed by atoms with Gasteiger partial charge in [-0.2, -0.15) is 0 Å². The first-order valence-corrected chi connectivity index (χ1v) is 17.3. The summed E-state index contributed by atoms with van der Waals surface area (Å²) in [5.74, 6) is 2.24. The SMILES string of the molecule is Cc1ccc(C2(c3ccc(C)cc3)OC(CC3=N[C@H](CC(C)C)C(c4ccc(C)cc4)(c4ccc(C)cc4)O3)=N[C@@H]2CC(C)C)cc1.[Br-].[Br-].[Pd+2]. The van der Waals surface area contributed by atoms with Gasteiger partial charge in [0, 0.05) is 22.3 Å². The molecule has 0 spiro atoms. The van der Waals surface area contributed by atoms with Crippen LogP contribution in [0.25, 0.3) is 0 Å². The number of hydrogen-bond acceptors (Lipinski definition) is 4. The Morgan fingerprint density at radius 3 is 0.940 bits per heavy atom. The minimum Gasteiger partial charge on any atom is -1.00 e. The average Bonchev–Trinajstić information content (AvgIpc) is 3.56. The van der Waals surface area contributed by atoms with E-state index < -0.39 is 11.2 Å². The summed E-state index contributed by atoms with van der Waals surface area (Å²) in [5.41, 5.74) is 7.91. The maximum atomic E-state index is 7.19. The van der Waals surface area contributed by atoms with E-state index >= 15 is 0 Å². The van der Waals surface area contributed by atoms with Gasteiger partial charge >= 0.3 is 20.4 Å². The quantitative estimate of drug-likeness (QED) is 0.225. The van der Waals surface area contributed by atoms with Gasteiger partial charge in [-0.3, -0.25) is 0 Å². The van der Waals surface area contributed by atoms with Crippen molar-refractivity contribution in [3.05, 3.63) is 142 Å². The second-order valence-corrected chi connectivity index (χ2v) is 14.7. The summed E-state index contributed by atoms with van der Waals surface area (Å²) in [7, 11) is 0. The van der Waals surface area contributed by atoms with Crippen LogP contribution in [0.3, 0.4) is 0 Å². The largest absolute Gasteiger partial charge is 2.00 e. The summed E-state index contributed by atoms with van der Waals surface area (Å²) in [4.78, 5) is 10.8. The molecule has 7 heteroatoms. The predicted molar refractivity (Wildman–Crippen MR) is 194 cm³/mol. The second-order valence-electron chi connectivity index (χ2n) is 14.7. The van der Waals surface area contributed by atoms with Crippen molar-refractivity contribution < 1.29 is 63.9 Å². The van der Waals surface area contributed by atoms with Crippen LogP contribution in [0.2, 0.25) is 0 Å². The Balaban J connectivity index is 0.00000225. The van der Waals surface area contributed by atoms with Gasteiger partial charge in [0.25, 0.3) is 0 Å². The maximum absolute atomic E-state index is 7.19. The number of ether oxygens (including phenoxy) is 2. The number of nitrogens with zero attached hydrogens (tertiary/aromatic N) is 2. The van der Waals surface area contributed by atoms with E-state index in [4.69, 9.17) is 19.5 Å². The Kier molecular flexibility index (Phi) is 14.5. The summed E-state index contributed by atoms with van der Waals surface area (Å²) >= 11 is 0. The number of aryl methyl sites for hydroxylation is 4. The molecule has 4 aromatic carbocycles. The molecule has 0 saturated carbocycles. The number of rotatable bonds is 10. The molecule has 0 unspecified atom stereocenters. The van der Waals surface area contributed by atoms with Gasteiger partial charge in [-0.1, -0.05) is 147 Å². The predicted octanol–water partition coefficient (Wildman–Crippen LogP) is 4.19. The molecule has 4 aromatic rings. The zero-order chi connectivity index (χ0) is 33.3. The summed E-state index contributed by atoms with van der Waals surface area (Å²) in [6.07, 6.45) is 2.19. The van der Waals surface area contributed by atoms with E-state index in [9.17, 15) is 0 Å². The fourth-order valence-corrected chi connectivity index (χ4v) is 7.26. The van der Waals surface area contributed by atoms with Crippen LogP contribution in [-0.4, -0.2) is 23.9 Å². The smallest absolute Gasteiger partial charge is 1.00 e. The molecular weight excluding hydrogens is 843 g/mol. The van der Waals surface area contributed by atoms with E-state index in [1.807, 2.05) is 0 Å². The van der Waals surface area contributed by atoms with Crippen molar-refractivity contribution in [2.45, 2.75) is 97.9 Å². The molecule has 2 atom stereocenters. The van der Waals surface area contributed by atoms with Crippen molar-refractivity contribution in [3.63, 3.8) is 0 Å². The molecule has 0 aromatic heterocycles. The topological polar surface area (TPSA) is 43.2 Å². The summed E-state index contributed by atoms with van der Waals surface area (Å²) in [5, 5.41) is 0. The Morgan fingerprint density at radius 1 is 0.480 bits per heavy atom. The van der Waals surface area contributed by atoms with Gasteiger partial charge < -0.3 is 43.4 Å². The molecule has 268 valence electrons. The van der Waals surface area contributed by atoms with Crippen molar-refractivity contribution in [1.29, 1.82) is 0 Å². The van der Waals surface area contributed by atoms with E-state index in [-0.39, 0.29) is 66.5 Å². The van der Waals surface area contributed by atoms with Gasteiger partial charge in [-0.05, 0) is 52.4 Å². The number of halogens is 2. The Labute approximate surface area is 334 Å². The molecule has 0 amide bonds. The Bertz CT molecular complexity index is 1530. The molecular formula is C43H50Br2N2O2Pd. The van der Waals surface area contributed by atoms with Crippen LogP contribution in [0, 0.1) is 39.5 Å². The molecule has 0 aliphatic carbocycles. The molecule has 2 aliphatic heterocycles. The third kappa shape index (κ3) is 8.39. The van der Waals surface area contributed by atoms with E-state index in [0.717, 1.165) is 35.1 Å². The molecule has 4 nitrogen and oxygen atoms in total. The molecule has 0 bridgehead atoms. The Hall–Kier alpha value is -2.56. The van der Waals surface area contributed by atoms with Crippen LogP contribution < -0.4 is 34.0 Å². The zero-order valence-corrected chi connectivity index (χ0v) is 35.2. The molecule has 2 aliphatic rings. The van der Waals surface area contributed by atoms with Crippen LogP contribution in [0.4, 0.5) is 0 Å². The van der Waals surface area contributed by atoms with Gasteiger partial charge in [0.05, 0.1) is 6.42 Å². The normalized spacial score (nSPS) is 18.6. The Morgan fingerprint density at radius 2 is 0.720 bits per heavy atom. The van der Waals surface area contributed by atoms with Crippen LogP contribution in [0.5, 0.6) is 0 Å². The summed E-state index contributed by atoms with van der Waals surface area (Å²) in [6, 6.07) is 34.9. The van der Waals surface area contributed by atoms with Gasteiger partial charge in [0.1, 0.15) is 12.1 Å². The molecule has 0 fully saturated rings. The monoisotopic (exact) mass is 890 g/mol. The number of benzene rings is 4. The molecule has 0 radical (unpaired) electrons. The van der Waals surface area contributed by atoms with E-state index in [0.29, 0.717) is 30.1 Å². The molecule has 0 N–H and O–H groups in total. The van der Waals surface area contributed by atoms with Gasteiger partial charge in [0.2, 0.25) is 0 Å². The van der Waals surface area contributed by atoms with Crippen LogP contribution >= 0.6 is 0 Å². The number of hydrogen-bond donors (Lipinski definition) is 0. The van der Waals surface area contributed by atoms with Crippen molar-refractivity contribution in [3.8, 4) is 0 Å². The van der Waals surface area contributed by atoms with Crippen molar-refractivity contribution in [1.82, 2.24) is 0 Å². The molecule has 0 saturated heterocycles. The van der Waals surface area contributed by atoms with E-state index in [2.05, 4.69) is 152 Å². The maximum Gasteiger partial charge on any atom is 2.00 e. The summed E-state index contributed by atoms with van der Waals surface area (Å²) in [6.45, 7) is 17.6. The first kappa shape index (κ1) is 41.9. The second kappa shape index (κ2) is 17.3. The molecule has 50 heavy (non-hydrogen) atoms. The van der Waals surface area contributed by atoms with Crippen molar-refractivity contribution in [2.24, 2.45) is 21.8 Å². The van der Waals surface area contributed by atoms with Crippen molar-refractivity contribution >= 4 is 11.8 Å². The fraction of sp³-hybridized carbons (Fsp3) is 0.395. The van der Waals surface area contributed by atoms with Crippen LogP contribution in [0.15, 0.2) is 107 Å². The van der Waals surface area contributed by atoms with Crippen LogP contribution in [-0.2, 0) is 41.1 Å². The first-order chi connectivity index (χ1) is 22.5. The van der Waals surface area contributed by atoms with Gasteiger partial charge in [0.15, 0.2) is 23.0 Å². The standard InChI is InChI=1S/C43H50N2O2.2BrH.Pd/c1-28(2)25-38-42(34-17-9-30(5)10-18-34,35-19-11-31(6)12-20-35)46-40(44-38)27-41-45-39(26-29(3)4)43(47-41,36-21-13-32(7)14-22-36)37-23-15-33(8)16-24-37;;;/h9-24,28-29,38-39H,25-27H2,1-8H3;2*1H;/q;;;+2/p-2/t38-,39-;;;/m1.../s1. The van der Waals surface area contributed by atoms with E-state index in [1.54, 1.807) is 0 Å². The minimum atomic E-state index is -0.734. The van der Waals surface area contributed by atoms with Gasteiger partial charge in [-0.25, -0.2) is 9.98 Å². The number of aliphatic imine (C=N–C) groups is 2. The van der Waals surface area contributed by atoms with Crippen LogP contribution in [0.1, 0.15) is 91.5 Å². The molecule has 2 heterocycles. The third-order valence-electron chi connectivity index (χ3n) is 9.71.